The van der Waals surface area contributed by atoms with E-state index in [2.05, 4.69) is 13.8 Å². The lowest BCUT2D eigenvalue weighted by Gasteiger charge is -2.36. The first-order valence-electron chi connectivity index (χ1n) is 6.95. The van der Waals surface area contributed by atoms with Crippen LogP contribution in [0.15, 0.2) is 30.3 Å². The molecule has 0 bridgehead atoms. The Morgan fingerprint density at radius 1 is 1.26 bits per heavy atom. The van der Waals surface area contributed by atoms with E-state index in [-0.39, 0.29) is 24.3 Å². The minimum absolute atomic E-state index is 0.0381. The van der Waals surface area contributed by atoms with Gasteiger partial charge in [0, 0.05) is 24.3 Å². The zero-order chi connectivity index (χ0) is 13.8. The van der Waals surface area contributed by atoms with Gasteiger partial charge >= 0.3 is 0 Å². The number of Topliss-reactive ketones (excluding diaryl/α,β-unsaturated/α-hetero) is 1. The van der Waals surface area contributed by atoms with Gasteiger partial charge in [-0.3, -0.25) is 4.79 Å². The summed E-state index contributed by atoms with van der Waals surface area (Å²) in [5.41, 5.74) is 0.756. The highest BCUT2D eigenvalue weighted by molar-refractivity contribution is 5.96. The summed E-state index contributed by atoms with van der Waals surface area (Å²) in [6, 6.07) is 9.39. The number of hydrogen-bond donors (Lipinski definition) is 0. The number of ether oxygens (including phenoxy) is 2. The number of hydrogen-bond acceptors (Lipinski definition) is 3. The predicted molar refractivity (Wildman–Crippen MR) is 74.1 cm³/mol. The van der Waals surface area contributed by atoms with Crippen molar-refractivity contribution in [3.8, 4) is 0 Å². The summed E-state index contributed by atoms with van der Waals surface area (Å²) in [6.07, 6.45) is 1.12. The van der Waals surface area contributed by atoms with E-state index in [1.807, 2.05) is 37.3 Å². The third-order valence-corrected chi connectivity index (χ3v) is 3.34. The molecule has 1 aliphatic rings. The van der Waals surface area contributed by atoms with Crippen molar-refractivity contribution in [2.75, 3.05) is 0 Å². The van der Waals surface area contributed by atoms with Gasteiger partial charge < -0.3 is 9.47 Å². The molecule has 0 saturated carbocycles. The lowest BCUT2D eigenvalue weighted by atomic mass is 10.0. The molecule has 104 valence electrons. The fourth-order valence-corrected chi connectivity index (χ4v) is 2.33. The molecule has 0 unspecified atom stereocenters. The van der Waals surface area contributed by atoms with Crippen molar-refractivity contribution < 1.29 is 14.3 Å². The highest BCUT2D eigenvalue weighted by Crippen LogP contribution is 2.25. The molecule has 1 aromatic rings. The highest BCUT2D eigenvalue weighted by atomic mass is 16.7. The fourth-order valence-electron chi connectivity index (χ4n) is 2.33. The molecule has 0 amide bonds. The first-order valence-corrected chi connectivity index (χ1v) is 6.95. The third-order valence-electron chi connectivity index (χ3n) is 3.34. The Labute approximate surface area is 114 Å². The normalized spacial score (nSPS) is 27.5. The van der Waals surface area contributed by atoms with E-state index >= 15 is 0 Å². The van der Waals surface area contributed by atoms with Gasteiger partial charge in [0.25, 0.3) is 0 Å². The average Bonchev–Trinajstić information content (AvgIpc) is 2.39. The van der Waals surface area contributed by atoms with E-state index in [9.17, 15) is 4.79 Å². The molecule has 3 heteroatoms. The van der Waals surface area contributed by atoms with Crippen LogP contribution in [0.3, 0.4) is 0 Å². The molecule has 3 nitrogen and oxygen atoms in total. The van der Waals surface area contributed by atoms with Crippen molar-refractivity contribution in [1.82, 2.24) is 0 Å². The summed E-state index contributed by atoms with van der Waals surface area (Å²) >= 11 is 0. The van der Waals surface area contributed by atoms with Crippen LogP contribution in [0.2, 0.25) is 0 Å². The zero-order valence-electron chi connectivity index (χ0n) is 11.8. The fraction of sp³-hybridized carbons (Fsp3) is 0.562. The van der Waals surface area contributed by atoms with Crippen LogP contribution in [0.5, 0.6) is 0 Å². The summed E-state index contributed by atoms with van der Waals surface area (Å²) < 4.78 is 11.6. The lowest BCUT2D eigenvalue weighted by Crippen LogP contribution is -2.40. The van der Waals surface area contributed by atoms with Crippen molar-refractivity contribution >= 4 is 5.78 Å². The Hall–Kier alpha value is -1.19. The van der Waals surface area contributed by atoms with Gasteiger partial charge in [0.1, 0.15) is 0 Å². The smallest absolute Gasteiger partial charge is 0.165 e. The van der Waals surface area contributed by atoms with Gasteiger partial charge in [0.05, 0.1) is 12.2 Å². The zero-order valence-corrected chi connectivity index (χ0v) is 11.8. The molecule has 0 radical (unpaired) electrons. The SMILES string of the molecule is CC(C)[C@@H]1O[C@H](CC(=O)c2ccccc2)C[C@H](C)O1. The monoisotopic (exact) mass is 262 g/mol. The Morgan fingerprint density at radius 2 is 1.95 bits per heavy atom. The van der Waals surface area contributed by atoms with Crippen molar-refractivity contribution in [2.24, 2.45) is 5.92 Å². The van der Waals surface area contributed by atoms with Crippen molar-refractivity contribution in [1.29, 1.82) is 0 Å². The topological polar surface area (TPSA) is 35.5 Å². The summed E-state index contributed by atoms with van der Waals surface area (Å²) in [5, 5.41) is 0. The first-order chi connectivity index (χ1) is 9.06. The summed E-state index contributed by atoms with van der Waals surface area (Å²) in [6.45, 7) is 6.18. The average molecular weight is 262 g/mol. The highest BCUT2D eigenvalue weighted by Gasteiger charge is 2.30. The minimum Gasteiger partial charge on any atom is -0.349 e. The second-order valence-corrected chi connectivity index (χ2v) is 5.55. The van der Waals surface area contributed by atoms with Gasteiger partial charge in [-0.05, 0) is 6.92 Å². The van der Waals surface area contributed by atoms with Crippen LogP contribution in [0.1, 0.15) is 44.0 Å². The van der Waals surface area contributed by atoms with E-state index in [0.29, 0.717) is 12.3 Å². The molecule has 1 fully saturated rings. The van der Waals surface area contributed by atoms with Crippen molar-refractivity contribution in [2.45, 2.75) is 52.1 Å². The quantitative estimate of drug-likeness (QED) is 0.780. The molecule has 1 aromatic carbocycles. The maximum atomic E-state index is 12.2. The van der Waals surface area contributed by atoms with E-state index in [0.717, 1.165) is 12.0 Å². The van der Waals surface area contributed by atoms with Crippen LogP contribution < -0.4 is 0 Å². The van der Waals surface area contributed by atoms with Crippen LogP contribution in [0, 0.1) is 5.92 Å². The molecule has 0 aromatic heterocycles. The van der Waals surface area contributed by atoms with Gasteiger partial charge in [-0.2, -0.15) is 0 Å². The molecule has 1 heterocycles. The molecule has 19 heavy (non-hydrogen) atoms. The summed E-state index contributed by atoms with van der Waals surface area (Å²) in [5.74, 6) is 0.444. The number of benzene rings is 1. The van der Waals surface area contributed by atoms with Crippen LogP contribution in [-0.2, 0) is 9.47 Å². The van der Waals surface area contributed by atoms with E-state index in [4.69, 9.17) is 9.47 Å². The maximum Gasteiger partial charge on any atom is 0.165 e. The molecule has 2 rings (SSSR count). The Bertz CT molecular complexity index is 413. The standard InChI is InChI=1S/C16H22O3/c1-11(2)16-18-12(3)9-14(19-16)10-15(17)13-7-5-4-6-8-13/h4-8,11-12,14,16H,9-10H2,1-3H3/t12-,14-,16-/m0/s1. The van der Waals surface area contributed by atoms with Crippen molar-refractivity contribution in [3.63, 3.8) is 0 Å². The van der Waals surface area contributed by atoms with Crippen LogP contribution in [0.4, 0.5) is 0 Å². The molecule has 0 aliphatic carbocycles. The predicted octanol–water partition coefficient (Wildman–Crippen LogP) is 3.44. The van der Waals surface area contributed by atoms with Gasteiger partial charge in [-0.25, -0.2) is 0 Å². The molecule has 1 aliphatic heterocycles. The third kappa shape index (κ3) is 3.88. The van der Waals surface area contributed by atoms with Gasteiger partial charge in [-0.15, -0.1) is 0 Å². The molecule has 0 N–H and O–H groups in total. The first kappa shape index (κ1) is 14.2. The summed E-state index contributed by atoms with van der Waals surface area (Å²) in [7, 11) is 0. The van der Waals surface area contributed by atoms with E-state index < -0.39 is 0 Å². The van der Waals surface area contributed by atoms with Crippen LogP contribution >= 0.6 is 0 Å². The molecular formula is C16H22O3. The van der Waals surface area contributed by atoms with Crippen LogP contribution in [0.25, 0.3) is 0 Å². The molecule has 0 spiro atoms. The number of rotatable bonds is 4. The Kier molecular flexibility index (Phi) is 4.72. The van der Waals surface area contributed by atoms with Gasteiger partial charge in [0.15, 0.2) is 12.1 Å². The van der Waals surface area contributed by atoms with Gasteiger partial charge in [-0.1, -0.05) is 44.2 Å². The number of carbonyl (C=O) groups excluding carboxylic acids is 1. The number of ketones is 1. The van der Waals surface area contributed by atoms with E-state index in [1.165, 1.54) is 0 Å². The minimum atomic E-state index is -0.197. The maximum absolute atomic E-state index is 12.2. The van der Waals surface area contributed by atoms with Crippen molar-refractivity contribution in [3.05, 3.63) is 35.9 Å². The largest absolute Gasteiger partial charge is 0.349 e. The molecule has 3 atom stereocenters. The Balaban J connectivity index is 1.97. The molecular weight excluding hydrogens is 240 g/mol. The molecule has 1 saturated heterocycles. The second kappa shape index (κ2) is 6.31. The second-order valence-electron chi connectivity index (χ2n) is 5.55. The van der Waals surface area contributed by atoms with Gasteiger partial charge in [0.2, 0.25) is 0 Å². The summed E-state index contributed by atoms with van der Waals surface area (Å²) in [4.78, 5) is 12.2. The lowest BCUT2D eigenvalue weighted by molar-refractivity contribution is -0.253. The Morgan fingerprint density at radius 3 is 2.58 bits per heavy atom. The van der Waals surface area contributed by atoms with Crippen LogP contribution in [-0.4, -0.2) is 24.3 Å². The number of carbonyl (C=O) groups is 1. The van der Waals surface area contributed by atoms with E-state index in [1.54, 1.807) is 0 Å².